The van der Waals surface area contributed by atoms with Crippen LogP contribution in [0.4, 0.5) is 5.82 Å². The predicted molar refractivity (Wildman–Crippen MR) is 72.2 cm³/mol. The Balaban J connectivity index is 2.41. The average Bonchev–Trinajstić information content (AvgIpc) is 2.69. The Labute approximate surface area is 105 Å². The summed E-state index contributed by atoms with van der Waals surface area (Å²) < 4.78 is 2.14. The monoisotopic (exact) mass is 241 g/mol. The molecule has 0 aliphatic heterocycles. The van der Waals surface area contributed by atoms with Crippen LogP contribution in [0.2, 0.25) is 0 Å². The van der Waals surface area contributed by atoms with Crippen molar-refractivity contribution in [3.8, 4) is 0 Å². The fourth-order valence-corrected chi connectivity index (χ4v) is 2.11. The first-order valence-corrected chi connectivity index (χ1v) is 5.84. The Morgan fingerprint density at radius 3 is 2.56 bits per heavy atom. The molecule has 2 heterocycles. The molecular formula is C13H15N5. The number of nitrogens with zero attached hydrogens (tertiary/aromatic N) is 4. The molecule has 0 saturated carbocycles. The van der Waals surface area contributed by atoms with E-state index in [1.807, 2.05) is 18.5 Å². The predicted octanol–water partition coefficient (Wildman–Crippen LogP) is 2.32. The van der Waals surface area contributed by atoms with Crippen molar-refractivity contribution >= 4 is 27.8 Å². The lowest BCUT2D eigenvalue weighted by atomic mass is 10.1. The van der Waals surface area contributed by atoms with Crippen molar-refractivity contribution in [2.24, 2.45) is 0 Å². The number of rotatable bonds is 0. The van der Waals surface area contributed by atoms with Gasteiger partial charge in [-0.1, -0.05) is 0 Å². The summed E-state index contributed by atoms with van der Waals surface area (Å²) in [5.74, 6) is 0.493. The highest BCUT2D eigenvalue weighted by Crippen LogP contribution is 2.27. The van der Waals surface area contributed by atoms with Crippen molar-refractivity contribution in [2.45, 2.75) is 26.3 Å². The summed E-state index contributed by atoms with van der Waals surface area (Å²) in [5.41, 5.74) is 8.67. The van der Waals surface area contributed by atoms with Gasteiger partial charge < -0.3 is 10.3 Å². The summed E-state index contributed by atoms with van der Waals surface area (Å²) in [4.78, 5) is 12.7. The number of nitrogen functional groups attached to an aromatic ring is 1. The molecule has 0 spiro atoms. The SMILES string of the molecule is CC(C)(C)n1cnc2cc3c(N)ncnc3cc21. The largest absolute Gasteiger partial charge is 0.383 e. The van der Waals surface area contributed by atoms with E-state index in [9.17, 15) is 0 Å². The highest BCUT2D eigenvalue weighted by Gasteiger charge is 2.17. The summed E-state index contributed by atoms with van der Waals surface area (Å²) in [7, 11) is 0. The normalized spacial score (nSPS) is 12.4. The molecule has 3 rings (SSSR count). The van der Waals surface area contributed by atoms with Crippen molar-refractivity contribution in [1.29, 1.82) is 0 Å². The van der Waals surface area contributed by atoms with E-state index >= 15 is 0 Å². The number of hydrogen-bond donors (Lipinski definition) is 1. The first-order chi connectivity index (χ1) is 8.47. The Morgan fingerprint density at radius 1 is 1.06 bits per heavy atom. The molecule has 5 heteroatoms. The van der Waals surface area contributed by atoms with Gasteiger partial charge in [0.2, 0.25) is 0 Å². The Bertz CT molecular complexity index is 736. The first kappa shape index (κ1) is 11.0. The number of fused-ring (bicyclic) bond motifs is 2. The van der Waals surface area contributed by atoms with E-state index in [2.05, 4.69) is 40.3 Å². The minimum absolute atomic E-state index is 0.0129. The maximum absolute atomic E-state index is 5.85. The van der Waals surface area contributed by atoms with Gasteiger partial charge in [0.05, 0.1) is 22.9 Å². The standard InChI is InChI=1S/C13H15N5/c1-13(2,3)18-7-17-10-4-8-9(5-11(10)18)15-6-16-12(8)14/h4-7H,1-3H3,(H2,14,15,16). The summed E-state index contributed by atoms with van der Waals surface area (Å²) in [5, 5.41) is 0.851. The number of anilines is 1. The third kappa shape index (κ3) is 1.51. The van der Waals surface area contributed by atoms with E-state index in [4.69, 9.17) is 5.73 Å². The van der Waals surface area contributed by atoms with Gasteiger partial charge in [0.15, 0.2) is 0 Å². The molecule has 2 N–H and O–H groups in total. The highest BCUT2D eigenvalue weighted by molar-refractivity contribution is 5.97. The molecular weight excluding hydrogens is 226 g/mol. The van der Waals surface area contributed by atoms with Gasteiger partial charge in [0.1, 0.15) is 12.1 Å². The number of aromatic nitrogens is 4. The first-order valence-electron chi connectivity index (χ1n) is 5.84. The average molecular weight is 241 g/mol. The zero-order valence-corrected chi connectivity index (χ0v) is 10.7. The van der Waals surface area contributed by atoms with Gasteiger partial charge in [-0.3, -0.25) is 0 Å². The second-order valence-corrected chi connectivity index (χ2v) is 5.40. The molecule has 5 nitrogen and oxygen atoms in total. The van der Waals surface area contributed by atoms with Crippen LogP contribution in [0.25, 0.3) is 21.9 Å². The van der Waals surface area contributed by atoms with Gasteiger partial charge in [-0.25, -0.2) is 15.0 Å². The summed E-state index contributed by atoms with van der Waals surface area (Å²) in [6.45, 7) is 6.44. The topological polar surface area (TPSA) is 69.6 Å². The fraction of sp³-hybridized carbons (Fsp3) is 0.308. The lowest BCUT2D eigenvalue weighted by Gasteiger charge is -2.21. The van der Waals surface area contributed by atoms with Crippen LogP contribution in [0, 0.1) is 0 Å². The van der Waals surface area contributed by atoms with Crippen LogP contribution in [0.15, 0.2) is 24.8 Å². The maximum atomic E-state index is 5.85. The highest BCUT2D eigenvalue weighted by atomic mass is 15.1. The second-order valence-electron chi connectivity index (χ2n) is 5.40. The van der Waals surface area contributed by atoms with Crippen LogP contribution in [0.5, 0.6) is 0 Å². The molecule has 2 aromatic heterocycles. The van der Waals surface area contributed by atoms with Gasteiger partial charge in [-0.2, -0.15) is 0 Å². The molecule has 18 heavy (non-hydrogen) atoms. The molecule has 0 fully saturated rings. The molecule has 1 aromatic carbocycles. The van der Waals surface area contributed by atoms with Crippen LogP contribution < -0.4 is 5.73 Å². The molecule has 0 radical (unpaired) electrons. The molecule has 0 aliphatic carbocycles. The van der Waals surface area contributed by atoms with Gasteiger partial charge in [0.25, 0.3) is 0 Å². The van der Waals surface area contributed by atoms with E-state index in [1.165, 1.54) is 6.33 Å². The zero-order valence-electron chi connectivity index (χ0n) is 10.7. The third-order valence-corrected chi connectivity index (χ3v) is 3.06. The Kier molecular flexibility index (Phi) is 2.08. The van der Waals surface area contributed by atoms with Crippen molar-refractivity contribution in [1.82, 2.24) is 19.5 Å². The number of benzene rings is 1. The Hall–Kier alpha value is -2.17. The van der Waals surface area contributed by atoms with Crippen molar-refractivity contribution in [3.63, 3.8) is 0 Å². The molecule has 3 aromatic rings. The molecule has 0 aliphatic rings. The van der Waals surface area contributed by atoms with E-state index < -0.39 is 0 Å². The summed E-state index contributed by atoms with van der Waals surface area (Å²) in [6.07, 6.45) is 3.34. The van der Waals surface area contributed by atoms with Gasteiger partial charge in [0, 0.05) is 10.9 Å². The molecule has 0 bridgehead atoms. The Morgan fingerprint density at radius 2 is 1.83 bits per heavy atom. The van der Waals surface area contributed by atoms with Gasteiger partial charge >= 0.3 is 0 Å². The maximum Gasteiger partial charge on any atom is 0.134 e. The van der Waals surface area contributed by atoms with E-state index in [0.29, 0.717) is 5.82 Å². The zero-order chi connectivity index (χ0) is 12.9. The van der Waals surface area contributed by atoms with Crippen LogP contribution in [-0.2, 0) is 5.54 Å². The van der Waals surface area contributed by atoms with E-state index in [-0.39, 0.29) is 5.54 Å². The number of imidazole rings is 1. The van der Waals surface area contributed by atoms with E-state index in [1.54, 1.807) is 0 Å². The van der Waals surface area contributed by atoms with Crippen LogP contribution in [0.3, 0.4) is 0 Å². The minimum atomic E-state index is -0.0129. The molecule has 0 amide bonds. The molecule has 0 unspecified atom stereocenters. The number of hydrogen-bond acceptors (Lipinski definition) is 4. The second kappa shape index (κ2) is 3.41. The van der Waals surface area contributed by atoms with E-state index in [0.717, 1.165) is 21.9 Å². The smallest absolute Gasteiger partial charge is 0.134 e. The van der Waals surface area contributed by atoms with Gasteiger partial charge in [-0.15, -0.1) is 0 Å². The fourth-order valence-electron chi connectivity index (χ4n) is 2.11. The number of nitrogens with two attached hydrogens (primary N) is 1. The molecule has 0 saturated heterocycles. The summed E-state index contributed by atoms with van der Waals surface area (Å²) in [6, 6.07) is 3.96. The minimum Gasteiger partial charge on any atom is -0.383 e. The lowest BCUT2D eigenvalue weighted by Crippen LogP contribution is -2.20. The molecule has 0 atom stereocenters. The van der Waals surface area contributed by atoms with Crippen LogP contribution in [-0.4, -0.2) is 19.5 Å². The van der Waals surface area contributed by atoms with Gasteiger partial charge in [-0.05, 0) is 32.9 Å². The third-order valence-electron chi connectivity index (χ3n) is 3.06. The quantitative estimate of drug-likeness (QED) is 0.655. The van der Waals surface area contributed by atoms with Crippen LogP contribution >= 0.6 is 0 Å². The van der Waals surface area contributed by atoms with Crippen molar-refractivity contribution < 1.29 is 0 Å². The lowest BCUT2D eigenvalue weighted by molar-refractivity contribution is 0.408. The van der Waals surface area contributed by atoms with Crippen molar-refractivity contribution in [3.05, 3.63) is 24.8 Å². The van der Waals surface area contributed by atoms with Crippen molar-refractivity contribution in [2.75, 3.05) is 5.73 Å². The summed E-state index contributed by atoms with van der Waals surface area (Å²) >= 11 is 0. The van der Waals surface area contributed by atoms with Crippen LogP contribution in [0.1, 0.15) is 20.8 Å². The molecule has 92 valence electrons.